The molecule has 0 radical (unpaired) electrons. The zero-order chi connectivity index (χ0) is 22.2. The lowest BCUT2D eigenvalue weighted by Gasteiger charge is -2.14. The molecule has 2 amide bonds. The molecule has 0 aromatic heterocycles. The summed E-state index contributed by atoms with van der Waals surface area (Å²) in [6, 6.07) is 16.0. The van der Waals surface area contributed by atoms with Crippen LogP contribution in [0.15, 0.2) is 48.5 Å². The van der Waals surface area contributed by atoms with Crippen LogP contribution in [0.3, 0.4) is 0 Å². The minimum absolute atomic E-state index is 0.0270. The predicted octanol–water partition coefficient (Wildman–Crippen LogP) is 1.48. The summed E-state index contributed by atoms with van der Waals surface area (Å²) >= 11 is 0. The van der Waals surface area contributed by atoms with Crippen molar-refractivity contribution in [3.63, 3.8) is 0 Å². The molecular formula is C23H22N2O6. The molecule has 1 unspecified atom stereocenters. The Morgan fingerprint density at radius 2 is 1.61 bits per heavy atom. The Kier molecular flexibility index (Phi) is 7.25. The van der Waals surface area contributed by atoms with E-state index in [-0.39, 0.29) is 32.0 Å². The van der Waals surface area contributed by atoms with Crippen LogP contribution < -0.4 is 10.6 Å². The van der Waals surface area contributed by atoms with E-state index in [1.807, 2.05) is 36.4 Å². The van der Waals surface area contributed by atoms with E-state index in [1.165, 1.54) is 0 Å². The molecule has 0 aliphatic heterocycles. The van der Waals surface area contributed by atoms with Crippen LogP contribution in [0.2, 0.25) is 0 Å². The number of aliphatic hydroxyl groups excluding tert-OH is 1. The Hall–Kier alpha value is -3.83. The maximum Gasteiger partial charge on any atom is 0.407 e. The van der Waals surface area contributed by atoms with Crippen LogP contribution >= 0.6 is 0 Å². The van der Waals surface area contributed by atoms with Crippen LogP contribution in [0.1, 0.15) is 23.5 Å². The zero-order valence-electron chi connectivity index (χ0n) is 16.6. The molecule has 1 atom stereocenters. The van der Waals surface area contributed by atoms with E-state index in [1.54, 1.807) is 0 Å². The van der Waals surface area contributed by atoms with E-state index >= 15 is 0 Å². The van der Waals surface area contributed by atoms with Gasteiger partial charge in [0.15, 0.2) is 6.10 Å². The van der Waals surface area contributed by atoms with Crippen LogP contribution in [-0.2, 0) is 14.3 Å². The van der Waals surface area contributed by atoms with E-state index in [9.17, 15) is 14.4 Å². The largest absolute Gasteiger partial charge is 0.479 e. The molecule has 0 heterocycles. The van der Waals surface area contributed by atoms with Gasteiger partial charge in [0.1, 0.15) is 6.61 Å². The molecule has 2 aromatic carbocycles. The monoisotopic (exact) mass is 422 g/mol. The first-order valence-corrected chi connectivity index (χ1v) is 9.73. The fourth-order valence-corrected chi connectivity index (χ4v) is 3.38. The summed E-state index contributed by atoms with van der Waals surface area (Å²) in [6.07, 6.45) is -2.30. The second-order valence-electron chi connectivity index (χ2n) is 6.88. The van der Waals surface area contributed by atoms with Gasteiger partial charge in [-0.1, -0.05) is 54.5 Å². The van der Waals surface area contributed by atoms with Gasteiger partial charge in [0.2, 0.25) is 0 Å². The van der Waals surface area contributed by atoms with E-state index in [0.717, 1.165) is 22.3 Å². The third-order valence-corrected chi connectivity index (χ3v) is 4.86. The topological polar surface area (TPSA) is 125 Å². The van der Waals surface area contributed by atoms with Crippen molar-refractivity contribution in [1.29, 1.82) is 0 Å². The maximum atomic E-state index is 12.0. The fraction of sp³-hybridized carbons (Fsp3) is 0.261. The molecule has 160 valence electrons. The lowest BCUT2D eigenvalue weighted by atomic mass is 9.98. The highest BCUT2D eigenvalue weighted by Gasteiger charge is 2.28. The van der Waals surface area contributed by atoms with Crippen LogP contribution in [0.4, 0.5) is 4.79 Å². The predicted molar refractivity (Wildman–Crippen MR) is 112 cm³/mol. The first-order valence-electron chi connectivity index (χ1n) is 9.73. The van der Waals surface area contributed by atoms with Crippen molar-refractivity contribution < 1.29 is 29.3 Å². The number of rotatable bonds is 7. The number of aliphatic carboxylic acids is 1. The number of benzene rings is 2. The molecule has 4 N–H and O–H groups in total. The molecular weight excluding hydrogens is 400 g/mol. The Bertz CT molecular complexity index is 994. The Balaban J connectivity index is 1.43. The van der Waals surface area contributed by atoms with Gasteiger partial charge in [0.05, 0.1) is 6.54 Å². The highest BCUT2D eigenvalue weighted by atomic mass is 16.5. The number of nitrogens with one attached hydrogen (secondary N) is 2. The van der Waals surface area contributed by atoms with E-state index in [0.29, 0.717) is 0 Å². The van der Waals surface area contributed by atoms with Crippen LogP contribution in [-0.4, -0.2) is 54.0 Å². The molecule has 2 aromatic rings. The quantitative estimate of drug-likeness (QED) is 0.501. The summed E-state index contributed by atoms with van der Waals surface area (Å²) in [7, 11) is 0. The number of alkyl carbamates (subject to hydrolysis) is 1. The molecule has 31 heavy (non-hydrogen) atoms. The molecule has 1 aliphatic carbocycles. The molecule has 0 spiro atoms. The Morgan fingerprint density at radius 3 is 2.23 bits per heavy atom. The fourth-order valence-electron chi connectivity index (χ4n) is 3.38. The molecule has 0 fully saturated rings. The average Bonchev–Trinajstić information content (AvgIpc) is 3.09. The van der Waals surface area contributed by atoms with Crippen molar-refractivity contribution in [2.24, 2.45) is 0 Å². The van der Waals surface area contributed by atoms with Crippen molar-refractivity contribution in [2.75, 3.05) is 19.7 Å². The van der Waals surface area contributed by atoms with Crippen molar-refractivity contribution in [2.45, 2.75) is 18.4 Å². The normalized spacial score (nSPS) is 12.5. The van der Waals surface area contributed by atoms with Gasteiger partial charge in [0.25, 0.3) is 5.91 Å². The molecule has 8 nitrogen and oxygen atoms in total. The molecule has 0 bridgehead atoms. The van der Waals surface area contributed by atoms with Gasteiger partial charge in [-0.25, -0.2) is 9.59 Å². The third-order valence-electron chi connectivity index (χ3n) is 4.86. The van der Waals surface area contributed by atoms with Gasteiger partial charge in [0, 0.05) is 18.9 Å². The minimum atomic E-state index is -1.54. The molecule has 8 heteroatoms. The summed E-state index contributed by atoms with van der Waals surface area (Å²) < 4.78 is 5.36. The lowest BCUT2D eigenvalue weighted by molar-refractivity contribution is -0.147. The third kappa shape index (κ3) is 5.62. The number of carbonyl (C=O) groups is 3. The zero-order valence-corrected chi connectivity index (χ0v) is 16.6. The van der Waals surface area contributed by atoms with Gasteiger partial charge in [-0.05, 0) is 28.2 Å². The number of hydrogen-bond acceptors (Lipinski definition) is 5. The number of hydrogen-bond donors (Lipinski definition) is 4. The number of fused-ring (bicyclic) bond motifs is 3. The lowest BCUT2D eigenvalue weighted by Crippen LogP contribution is -2.29. The van der Waals surface area contributed by atoms with Gasteiger partial charge in [-0.15, -0.1) is 0 Å². The highest BCUT2D eigenvalue weighted by molar-refractivity contribution is 5.93. The molecule has 3 rings (SSSR count). The van der Waals surface area contributed by atoms with Crippen LogP contribution in [0, 0.1) is 11.8 Å². The molecule has 1 aliphatic rings. The summed E-state index contributed by atoms with van der Waals surface area (Å²) in [5.74, 6) is 2.72. The Morgan fingerprint density at radius 1 is 1.00 bits per heavy atom. The van der Waals surface area contributed by atoms with Crippen molar-refractivity contribution in [3.05, 3.63) is 59.7 Å². The number of amides is 2. The van der Waals surface area contributed by atoms with E-state index in [2.05, 4.69) is 34.6 Å². The smallest absolute Gasteiger partial charge is 0.407 e. The summed E-state index contributed by atoms with van der Waals surface area (Å²) in [6.45, 7) is 0.0717. The second kappa shape index (κ2) is 10.3. The SMILES string of the molecule is O=C(C#CCNC(=O)OCC1c2ccccc2-c2ccccc21)NCCC(O)C(=O)O. The minimum Gasteiger partial charge on any atom is -0.479 e. The van der Waals surface area contributed by atoms with E-state index in [4.69, 9.17) is 14.9 Å². The number of aliphatic hydroxyl groups is 1. The standard InChI is InChI=1S/C23H22N2O6/c26-20(22(28)29)11-13-24-21(27)10-5-12-25-23(30)31-14-19-17-8-3-1-6-15(17)16-7-2-4-9-18(16)19/h1-4,6-9,19-20,26H,11-14H2,(H,24,27)(H,25,30)(H,28,29). The van der Waals surface area contributed by atoms with Gasteiger partial charge in [-0.2, -0.15) is 0 Å². The number of carboxylic acids is 1. The van der Waals surface area contributed by atoms with Crippen molar-refractivity contribution >= 4 is 18.0 Å². The first-order chi connectivity index (χ1) is 15.0. The first kappa shape index (κ1) is 21.9. The van der Waals surface area contributed by atoms with Gasteiger partial charge in [-0.3, -0.25) is 4.79 Å². The maximum absolute atomic E-state index is 12.0. The van der Waals surface area contributed by atoms with Gasteiger partial charge >= 0.3 is 12.1 Å². The summed E-state index contributed by atoms with van der Waals surface area (Å²) in [5.41, 5.74) is 4.50. The number of carbonyl (C=O) groups excluding carboxylic acids is 2. The van der Waals surface area contributed by atoms with E-state index < -0.39 is 24.1 Å². The average molecular weight is 422 g/mol. The molecule has 0 saturated heterocycles. The second-order valence-corrected chi connectivity index (χ2v) is 6.88. The van der Waals surface area contributed by atoms with Crippen LogP contribution in [0.5, 0.6) is 0 Å². The van der Waals surface area contributed by atoms with Crippen LogP contribution in [0.25, 0.3) is 11.1 Å². The Labute approximate surface area is 179 Å². The van der Waals surface area contributed by atoms with Gasteiger partial charge < -0.3 is 25.6 Å². The molecule has 0 saturated carbocycles. The number of ether oxygens (including phenoxy) is 1. The highest BCUT2D eigenvalue weighted by Crippen LogP contribution is 2.44. The summed E-state index contributed by atoms with van der Waals surface area (Å²) in [5, 5.41) is 22.5. The summed E-state index contributed by atoms with van der Waals surface area (Å²) in [4.78, 5) is 34.0. The van der Waals surface area contributed by atoms with Crippen molar-refractivity contribution in [3.8, 4) is 23.0 Å². The van der Waals surface area contributed by atoms with Crippen molar-refractivity contribution in [1.82, 2.24) is 10.6 Å². The number of carboxylic acid groups (broad SMARTS) is 1.